The summed E-state index contributed by atoms with van der Waals surface area (Å²) >= 11 is 0. The number of rotatable bonds is 4. The highest BCUT2D eigenvalue weighted by atomic mass is 15.1. The molecule has 1 aromatic carbocycles. The fourth-order valence-corrected chi connectivity index (χ4v) is 3.14. The molecule has 3 rings (SSSR count). The second-order valence-corrected chi connectivity index (χ2v) is 5.66. The summed E-state index contributed by atoms with van der Waals surface area (Å²) in [5.74, 6) is 0. The fraction of sp³-hybridized carbons (Fsp3) is 0.625. The van der Waals surface area contributed by atoms with E-state index in [9.17, 15) is 0 Å². The molecule has 2 aliphatic heterocycles. The normalized spacial score (nSPS) is 20.8. The van der Waals surface area contributed by atoms with Crippen LogP contribution in [0.3, 0.4) is 0 Å². The van der Waals surface area contributed by atoms with E-state index in [-0.39, 0.29) is 0 Å². The topological polar surface area (TPSA) is 6.48 Å². The Bertz CT molecular complexity index is 359. The van der Waals surface area contributed by atoms with Crippen LogP contribution in [0.1, 0.15) is 31.2 Å². The Balaban J connectivity index is 1.53. The Kier molecular flexibility index (Phi) is 3.84. The minimum absolute atomic E-state index is 1.21. The number of benzene rings is 1. The third kappa shape index (κ3) is 2.86. The van der Waals surface area contributed by atoms with Crippen molar-refractivity contribution in [2.45, 2.75) is 32.1 Å². The van der Waals surface area contributed by atoms with Crippen LogP contribution in [-0.2, 0) is 6.42 Å². The van der Waals surface area contributed by atoms with Gasteiger partial charge in [0.25, 0.3) is 0 Å². The molecule has 2 nitrogen and oxygen atoms in total. The highest BCUT2D eigenvalue weighted by molar-refractivity contribution is 5.48. The first-order chi connectivity index (χ1) is 8.92. The maximum Gasteiger partial charge on any atom is 0.0366 e. The molecule has 0 aliphatic carbocycles. The lowest BCUT2D eigenvalue weighted by Gasteiger charge is -2.18. The first-order valence-electron chi connectivity index (χ1n) is 7.48. The molecule has 2 saturated heterocycles. The van der Waals surface area contributed by atoms with Crippen LogP contribution in [0.5, 0.6) is 0 Å². The largest absolute Gasteiger partial charge is 0.372 e. The Morgan fingerprint density at radius 2 is 1.39 bits per heavy atom. The summed E-state index contributed by atoms with van der Waals surface area (Å²) < 4.78 is 0. The van der Waals surface area contributed by atoms with E-state index in [1.807, 2.05) is 0 Å². The van der Waals surface area contributed by atoms with Crippen LogP contribution < -0.4 is 4.90 Å². The number of likely N-dealkylation sites (tertiary alicyclic amines) is 1. The summed E-state index contributed by atoms with van der Waals surface area (Å²) in [5.41, 5.74) is 2.90. The summed E-state index contributed by atoms with van der Waals surface area (Å²) in [6.45, 7) is 6.35. The molecule has 0 unspecified atom stereocenters. The van der Waals surface area contributed by atoms with Crippen molar-refractivity contribution in [3.05, 3.63) is 29.8 Å². The van der Waals surface area contributed by atoms with Crippen molar-refractivity contribution in [1.29, 1.82) is 0 Å². The van der Waals surface area contributed by atoms with E-state index in [1.54, 1.807) is 0 Å². The minimum Gasteiger partial charge on any atom is -0.372 e. The zero-order valence-electron chi connectivity index (χ0n) is 11.3. The molecule has 18 heavy (non-hydrogen) atoms. The summed E-state index contributed by atoms with van der Waals surface area (Å²) in [4.78, 5) is 5.10. The molecule has 0 bridgehead atoms. The van der Waals surface area contributed by atoms with E-state index in [2.05, 4.69) is 34.1 Å². The SMILES string of the molecule is c1cc(N2CCCC2)ccc1CCN1CCCC1. The van der Waals surface area contributed by atoms with Gasteiger partial charge in [-0.1, -0.05) is 12.1 Å². The van der Waals surface area contributed by atoms with Crippen LogP contribution in [0.15, 0.2) is 24.3 Å². The molecule has 0 spiro atoms. The molecular weight excluding hydrogens is 220 g/mol. The standard InChI is InChI=1S/C16H24N2/c1-2-11-17(10-1)14-9-15-5-7-16(8-6-15)18-12-3-4-13-18/h5-8H,1-4,9-14H2. The molecule has 2 heterocycles. The third-order valence-corrected chi connectivity index (χ3v) is 4.32. The van der Waals surface area contributed by atoms with Crippen LogP contribution in [-0.4, -0.2) is 37.6 Å². The molecule has 0 radical (unpaired) electrons. The third-order valence-electron chi connectivity index (χ3n) is 4.32. The molecule has 2 fully saturated rings. The Hall–Kier alpha value is -1.02. The Morgan fingerprint density at radius 3 is 2.06 bits per heavy atom. The second kappa shape index (κ2) is 5.75. The summed E-state index contributed by atoms with van der Waals surface area (Å²) in [6, 6.07) is 9.27. The number of nitrogens with zero attached hydrogens (tertiary/aromatic N) is 2. The van der Waals surface area contributed by atoms with Crippen molar-refractivity contribution in [2.24, 2.45) is 0 Å². The molecule has 0 atom stereocenters. The van der Waals surface area contributed by atoms with Gasteiger partial charge in [0.05, 0.1) is 0 Å². The second-order valence-electron chi connectivity index (χ2n) is 5.66. The van der Waals surface area contributed by atoms with E-state index in [0.717, 1.165) is 0 Å². The van der Waals surface area contributed by atoms with E-state index >= 15 is 0 Å². The fourth-order valence-electron chi connectivity index (χ4n) is 3.14. The molecule has 2 heteroatoms. The first kappa shape index (κ1) is 12.0. The van der Waals surface area contributed by atoms with Crippen LogP contribution >= 0.6 is 0 Å². The van der Waals surface area contributed by atoms with Gasteiger partial charge in [0.2, 0.25) is 0 Å². The zero-order valence-corrected chi connectivity index (χ0v) is 11.3. The first-order valence-corrected chi connectivity index (χ1v) is 7.48. The van der Waals surface area contributed by atoms with Crippen molar-refractivity contribution in [1.82, 2.24) is 4.90 Å². The maximum atomic E-state index is 2.59. The molecule has 0 N–H and O–H groups in total. The average Bonchev–Trinajstić information content (AvgIpc) is 3.10. The van der Waals surface area contributed by atoms with E-state index < -0.39 is 0 Å². The lowest BCUT2D eigenvalue weighted by Crippen LogP contribution is -2.22. The van der Waals surface area contributed by atoms with Crippen molar-refractivity contribution < 1.29 is 0 Å². The van der Waals surface area contributed by atoms with Crippen LogP contribution in [0, 0.1) is 0 Å². The maximum absolute atomic E-state index is 2.59. The highest BCUT2D eigenvalue weighted by Crippen LogP contribution is 2.20. The van der Waals surface area contributed by atoms with E-state index in [1.165, 1.54) is 76.1 Å². The van der Waals surface area contributed by atoms with Gasteiger partial charge in [-0.3, -0.25) is 0 Å². The van der Waals surface area contributed by atoms with E-state index in [0.29, 0.717) is 0 Å². The Labute approximate surface area is 111 Å². The smallest absolute Gasteiger partial charge is 0.0366 e. The monoisotopic (exact) mass is 244 g/mol. The molecule has 0 amide bonds. The van der Waals surface area contributed by atoms with Crippen molar-refractivity contribution in [3.63, 3.8) is 0 Å². The van der Waals surface area contributed by atoms with Crippen molar-refractivity contribution >= 4 is 5.69 Å². The van der Waals surface area contributed by atoms with Crippen LogP contribution in [0.2, 0.25) is 0 Å². The predicted molar refractivity (Wildman–Crippen MR) is 77.3 cm³/mol. The van der Waals surface area contributed by atoms with Gasteiger partial charge in [-0.15, -0.1) is 0 Å². The highest BCUT2D eigenvalue weighted by Gasteiger charge is 2.13. The summed E-state index contributed by atoms with van der Waals surface area (Å²) in [6.07, 6.45) is 6.72. The van der Waals surface area contributed by atoms with Crippen LogP contribution in [0.4, 0.5) is 5.69 Å². The Morgan fingerprint density at radius 1 is 0.778 bits per heavy atom. The van der Waals surface area contributed by atoms with Gasteiger partial charge in [-0.2, -0.15) is 0 Å². The van der Waals surface area contributed by atoms with Gasteiger partial charge in [-0.25, -0.2) is 0 Å². The van der Waals surface area contributed by atoms with Gasteiger partial charge in [-0.05, 0) is 62.9 Å². The lowest BCUT2D eigenvalue weighted by molar-refractivity contribution is 0.343. The van der Waals surface area contributed by atoms with Gasteiger partial charge in [0, 0.05) is 25.3 Å². The molecule has 2 aliphatic rings. The molecule has 1 aromatic rings. The molecule has 98 valence electrons. The lowest BCUT2D eigenvalue weighted by atomic mass is 10.1. The van der Waals surface area contributed by atoms with Crippen molar-refractivity contribution in [2.75, 3.05) is 37.6 Å². The number of anilines is 1. The van der Waals surface area contributed by atoms with Gasteiger partial charge in [0.15, 0.2) is 0 Å². The quantitative estimate of drug-likeness (QED) is 0.803. The minimum atomic E-state index is 1.21. The number of hydrogen-bond acceptors (Lipinski definition) is 2. The zero-order chi connectivity index (χ0) is 12.2. The van der Waals surface area contributed by atoms with Gasteiger partial charge in [0.1, 0.15) is 0 Å². The average molecular weight is 244 g/mol. The molecular formula is C16H24N2. The number of hydrogen-bond donors (Lipinski definition) is 0. The van der Waals surface area contributed by atoms with Crippen LogP contribution in [0.25, 0.3) is 0 Å². The van der Waals surface area contributed by atoms with Gasteiger partial charge < -0.3 is 9.80 Å². The summed E-state index contributed by atoms with van der Waals surface area (Å²) in [7, 11) is 0. The summed E-state index contributed by atoms with van der Waals surface area (Å²) in [5, 5.41) is 0. The van der Waals surface area contributed by atoms with Crippen molar-refractivity contribution in [3.8, 4) is 0 Å². The predicted octanol–water partition coefficient (Wildman–Crippen LogP) is 2.93. The van der Waals surface area contributed by atoms with Gasteiger partial charge >= 0.3 is 0 Å². The van der Waals surface area contributed by atoms with E-state index in [4.69, 9.17) is 0 Å². The molecule has 0 saturated carbocycles. The molecule has 0 aromatic heterocycles.